The number of rotatable bonds is 4. The van der Waals surface area contributed by atoms with Gasteiger partial charge in [-0.25, -0.2) is 0 Å². The third-order valence-electron chi connectivity index (χ3n) is 2.86. The molecule has 22 heavy (non-hydrogen) atoms. The molecule has 1 heterocycles. The SMILES string of the molecule is COC(=O)CN1C(=O)SC(=Cc2ccc(OC)c(Cl)c2)C1=O. The van der Waals surface area contributed by atoms with Crippen LogP contribution in [0.4, 0.5) is 4.79 Å². The van der Waals surface area contributed by atoms with Gasteiger partial charge >= 0.3 is 5.97 Å². The van der Waals surface area contributed by atoms with E-state index in [-0.39, 0.29) is 4.91 Å². The molecule has 1 aromatic carbocycles. The summed E-state index contributed by atoms with van der Waals surface area (Å²) in [6.07, 6.45) is 1.54. The summed E-state index contributed by atoms with van der Waals surface area (Å²) in [5.74, 6) is -0.680. The number of thioether (sulfide) groups is 1. The molecule has 0 aromatic heterocycles. The molecule has 0 atom stereocenters. The number of carbonyl (C=O) groups is 3. The van der Waals surface area contributed by atoms with Crippen LogP contribution >= 0.6 is 23.4 Å². The summed E-state index contributed by atoms with van der Waals surface area (Å²) in [4.78, 5) is 36.2. The van der Waals surface area contributed by atoms with Gasteiger partial charge in [0.1, 0.15) is 12.3 Å². The lowest BCUT2D eigenvalue weighted by atomic mass is 10.2. The van der Waals surface area contributed by atoms with E-state index in [1.807, 2.05) is 0 Å². The fourth-order valence-electron chi connectivity index (χ4n) is 1.75. The van der Waals surface area contributed by atoms with Crippen LogP contribution in [0.5, 0.6) is 5.75 Å². The van der Waals surface area contributed by atoms with Crippen LogP contribution in [0, 0.1) is 0 Å². The smallest absolute Gasteiger partial charge is 0.325 e. The summed E-state index contributed by atoms with van der Waals surface area (Å²) in [6.45, 7) is -0.401. The second kappa shape index (κ2) is 6.85. The van der Waals surface area contributed by atoms with E-state index in [0.717, 1.165) is 16.7 Å². The van der Waals surface area contributed by atoms with Crippen LogP contribution in [0.2, 0.25) is 5.02 Å². The van der Waals surface area contributed by atoms with E-state index >= 15 is 0 Å². The van der Waals surface area contributed by atoms with Gasteiger partial charge in [0, 0.05) is 0 Å². The quantitative estimate of drug-likeness (QED) is 0.619. The molecule has 1 saturated heterocycles. The third kappa shape index (κ3) is 3.42. The van der Waals surface area contributed by atoms with Crippen molar-refractivity contribution in [1.82, 2.24) is 4.90 Å². The Bertz CT molecular complexity index is 673. The zero-order chi connectivity index (χ0) is 16.3. The second-order valence-corrected chi connectivity index (χ2v) is 5.64. The van der Waals surface area contributed by atoms with Gasteiger partial charge in [-0.1, -0.05) is 17.7 Å². The minimum atomic E-state index is -0.656. The molecule has 8 heteroatoms. The number of hydrogen-bond donors (Lipinski definition) is 0. The maximum atomic E-state index is 12.1. The Morgan fingerprint density at radius 1 is 1.36 bits per heavy atom. The van der Waals surface area contributed by atoms with Crippen LogP contribution in [0.3, 0.4) is 0 Å². The molecule has 1 aliphatic heterocycles. The number of carbonyl (C=O) groups excluding carboxylic acids is 3. The molecule has 2 amide bonds. The minimum absolute atomic E-state index is 0.218. The molecule has 0 radical (unpaired) electrons. The number of ether oxygens (including phenoxy) is 2. The first-order valence-corrected chi connectivity index (χ1v) is 7.31. The zero-order valence-electron chi connectivity index (χ0n) is 11.8. The molecular weight excluding hydrogens is 330 g/mol. The summed E-state index contributed by atoms with van der Waals surface area (Å²) in [7, 11) is 2.69. The van der Waals surface area contributed by atoms with E-state index in [9.17, 15) is 14.4 Å². The number of hydrogen-bond acceptors (Lipinski definition) is 6. The molecule has 0 unspecified atom stereocenters. The summed E-state index contributed by atoms with van der Waals surface area (Å²) in [5.41, 5.74) is 0.648. The van der Waals surface area contributed by atoms with Gasteiger partial charge < -0.3 is 9.47 Å². The molecular formula is C14H12ClNO5S. The number of nitrogens with zero attached hydrogens (tertiary/aromatic N) is 1. The number of esters is 1. The lowest BCUT2D eigenvalue weighted by Crippen LogP contribution is -2.34. The monoisotopic (exact) mass is 341 g/mol. The molecule has 0 aliphatic carbocycles. The fraction of sp³-hybridized carbons (Fsp3) is 0.214. The summed E-state index contributed by atoms with van der Waals surface area (Å²) < 4.78 is 9.50. The highest BCUT2D eigenvalue weighted by Crippen LogP contribution is 2.33. The Balaban J connectivity index is 2.22. The van der Waals surface area contributed by atoms with Crippen LogP contribution in [-0.2, 0) is 14.3 Å². The van der Waals surface area contributed by atoms with Gasteiger partial charge in [-0.05, 0) is 35.5 Å². The second-order valence-electron chi connectivity index (χ2n) is 4.24. The highest BCUT2D eigenvalue weighted by atomic mass is 35.5. The first kappa shape index (κ1) is 16.4. The first-order chi connectivity index (χ1) is 10.5. The van der Waals surface area contributed by atoms with Crippen molar-refractivity contribution in [3.63, 3.8) is 0 Å². The number of imide groups is 1. The van der Waals surface area contributed by atoms with Gasteiger partial charge in [0.05, 0.1) is 24.1 Å². The van der Waals surface area contributed by atoms with Crippen LogP contribution in [0.1, 0.15) is 5.56 Å². The van der Waals surface area contributed by atoms with E-state index in [0.29, 0.717) is 16.3 Å². The van der Waals surface area contributed by atoms with Gasteiger partial charge in [-0.2, -0.15) is 0 Å². The Hall–Kier alpha value is -1.99. The van der Waals surface area contributed by atoms with E-state index in [2.05, 4.69) is 4.74 Å². The average molecular weight is 342 g/mol. The van der Waals surface area contributed by atoms with Gasteiger partial charge in [0.2, 0.25) is 0 Å². The van der Waals surface area contributed by atoms with Crippen molar-refractivity contribution in [2.24, 2.45) is 0 Å². The molecule has 1 fully saturated rings. The number of halogens is 1. The van der Waals surface area contributed by atoms with Crippen LogP contribution in [0.15, 0.2) is 23.1 Å². The first-order valence-electron chi connectivity index (χ1n) is 6.12. The standard InChI is InChI=1S/C14H12ClNO5S/c1-20-10-4-3-8(5-9(10)15)6-11-13(18)16(14(19)22-11)7-12(17)21-2/h3-6H,7H2,1-2H3. The van der Waals surface area contributed by atoms with E-state index in [1.165, 1.54) is 20.3 Å². The fourth-order valence-corrected chi connectivity index (χ4v) is 2.86. The largest absolute Gasteiger partial charge is 0.495 e. The van der Waals surface area contributed by atoms with Crippen molar-refractivity contribution in [3.8, 4) is 5.75 Å². The highest BCUT2D eigenvalue weighted by Gasteiger charge is 2.36. The summed E-state index contributed by atoms with van der Waals surface area (Å²) in [6, 6.07) is 4.99. The minimum Gasteiger partial charge on any atom is -0.495 e. The van der Waals surface area contributed by atoms with Gasteiger partial charge in [-0.3, -0.25) is 19.3 Å². The predicted molar refractivity (Wildman–Crippen MR) is 82.7 cm³/mol. The maximum absolute atomic E-state index is 12.1. The number of amides is 2. The Morgan fingerprint density at radius 2 is 2.09 bits per heavy atom. The molecule has 1 aliphatic rings. The van der Waals surface area contributed by atoms with Gasteiger partial charge in [0.15, 0.2) is 0 Å². The normalized spacial score (nSPS) is 16.3. The van der Waals surface area contributed by atoms with Crippen molar-refractivity contribution >= 4 is 46.6 Å². The van der Waals surface area contributed by atoms with Crippen molar-refractivity contribution in [2.45, 2.75) is 0 Å². The topological polar surface area (TPSA) is 72.9 Å². The summed E-state index contributed by atoms with van der Waals surface area (Å²) >= 11 is 6.77. The Morgan fingerprint density at radius 3 is 2.68 bits per heavy atom. The van der Waals surface area contributed by atoms with Gasteiger partial charge in [0.25, 0.3) is 11.1 Å². The summed E-state index contributed by atoms with van der Waals surface area (Å²) in [5, 5.41) is -0.119. The molecule has 0 N–H and O–H groups in total. The number of benzene rings is 1. The lowest BCUT2D eigenvalue weighted by Gasteiger charge is -2.09. The van der Waals surface area contributed by atoms with E-state index in [4.69, 9.17) is 16.3 Å². The van der Waals surface area contributed by atoms with Gasteiger partial charge in [-0.15, -0.1) is 0 Å². The van der Waals surface area contributed by atoms with Crippen LogP contribution in [-0.4, -0.2) is 42.8 Å². The lowest BCUT2D eigenvalue weighted by molar-refractivity contribution is -0.143. The molecule has 0 saturated carbocycles. The Kier molecular flexibility index (Phi) is 5.10. The molecule has 116 valence electrons. The van der Waals surface area contributed by atoms with E-state index < -0.39 is 23.7 Å². The molecule has 6 nitrogen and oxygen atoms in total. The number of methoxy groups -OCH3 is 2. The predicted octanol–water partition coefficient (Wildman–Crippen LogP) is 2.56. The van der Waals surface area contributed by atoms with Crippen molar-refractivity contribution in [2.75, 3.05) is 20.8 Å². The van der Waals surface area contributed by atoms with Crippen molar-refractivity contribution < 1.29 is 23.9 Å². The molecule has 0 spiro atoms. The molecule has 2 rings (SSSR count). The zero-order valence-corrected chi connectivity index (χ0v) is 13.4. The average Bonchev–Trinajstić information content (AvgIpc) is 2.75. The van der Waals surface area contributed by atoms with Crippen LogP contribution < -0.4 is 4.74 Å². The maximum Gasteiger partial charge on any atom is 0.325 e. The van der Waals surface area contributed by atoms with Crippen LogP contribution in [0.25, 0.3) is 6.08 Å². The molecule has 1 aromatic rings. The highest BCUT2D eigenvalue weighted by molar-refractivity contribution is 8.18. The molecule has 0 bridgehead atoms. The van der Waals surface area contributed by atoms with Crippen molar-refractivity contribution in [3.05, 3.63) is 33.7 Å². The third-order valence-corrected chi connectivity index (χ3v) is 4.06. The Labute approximate surface area is 136 Å². The van der Waals surface area contributed by atoms with E-state index in [1.54, 1.807) is 18.2 Å². The van der Waals surface area contributed by atoms with Crippen molar-refractivity contribution in [1.29, 1.82) is 0 Å².